The second kappa shape index (κ2) is 7.01. The Balaban J connectivity index is 2.22. The minimum atomic E-state index is -3.30. The van der Waals surface area contributed by atoms with E-state index in [0.29, 0.717) is 23.8 Å². The van der Waals surface area contributed by atoms with Crippen molar-refractivity contribution in [3.8, 4) is 0 Å². The van der Waals surface area contributed by atoms with E-state index in [9.17, 15) is 8.42 Å². The van der Waals surface area contributed by atoms with Gasteiger partial charge in [0.2, 0.25) is 10.0 Å². The SMILES string of the molecule is CCCOCCCNS(=O)(=O)c1cccs1. The van der Waals surface area contributed by atoms with Gasteiger partial charge in [-0.15, -0.1) is 11.3 Å². The van der Waals surface area contributed by atoms with E-state index in [1.54, 1.807) is 17.5 Å². The molecular formula is C10H17NO3S2. The smallest absolute Gasteiger partial charge is 0.250 e. The van der Waals surface area contributed by atoms with E-state index in [-0.39, 0.29) is 0 Å². The number of thiophene rings is 1. The summed E-state index contributed by atoms with van der Waals surface area (Å²) in [5.74, 6) is 0. The second-order valence-electron chi connectivity index (χ2n) is 3.30. The molecule has 92 valence electrons. The van der Waals surface area contributed by atoms with Crippen molar-refractivity contribution in [1.29, 1.82) is 0 Å². The van der Waals surface area contributed by atoms with Crippen molar-refractivity contribution in [2.24, 2.45) is 0 Å². The van der Waals surface area contributed by atoms with Gasteiger partial charge < -0.3 is 4.74 Å². The number of ether oxygens (including phenoxy) is 1. The summed E-state index contributed by atoms with van der Waals surface area (Å²) >= 11 is 1.22. The average Bonchev–Trinajstić information content (AvgIpc) is 2.77. The molecule has 16 heavy (non-hydrogen) atoms. The molecule has 0 unspecified atom stereocenters. The Hall–Kier alpha value is -0.430. The molecule has 0 radical (unpaired) electrons. The fraction of sp³-hybridized carbons (Fsp3) is 0.600. The number of rotatable bonds is 8. The van der Waals surface area contributed by atoms with Gasteiger partial charge in [-0.1, -0.05) is 13.0 Å². The molecule has 0 saturated carbocycles. The third-order valence-electron chi connectivity index (χ3n) is 1.87. The Kier molecular flexibility index (Phi) is 5.97. The van der Waals surface area contributed by atoms with Crippen molar-refractivity contribution in [1.82, 2.24) is 4.72 Å². The lowest BCUT2D eigenvalue weighted by atomic mass is 10.4. The highest BCUT2D eigenvalue weighted by Gasteiger charge is 2.13. The van der Waals surface area contributed by atoms with Crippen LogP contribution in [0, 0.1) is 0 Å². The molecule has 0 aliphatic heterocycles. The van der Waals surface area contributed by atoms with Crippen LogP contribution < -0.4 is 4.72 Å². The molecule has 1 N–H and O–H groups in total. The van der Waals surface area contributed by atoms with E-state index >= 15 is 0 Å². The van der Waals surface area contributed by atoms with Crippen LogP contribution in [-0.4, -0.2) is 28.2 Å². The van der Waals surface area contributed by atoms with Crippen molar-refractivity contribution >= 4 is 21.4 Å². The Morgan fingerprint density at radius 3 is 2.88 bits per heavy atom. The summed E-state index contributed by atoms with van der Waals surface area (Å²) in [7, 11) is -3.30. The Labute approximate surface area is 101 Å². The van der Waals surface area contributed by atoms with Gasteiger partial charge in [0.15, 0.2) is 0 Å². The molecule has 0 fully saturated rings. The van der Waals surface area contributed by atoms with E-state index in [2.05, 4.69) is 4.72 Å². The molecule has 1 aromatic heterocycles. The summed E-state index contributed by atoms with van der Waals surface area (Å²) in [5.41, 5.74) is 0. The Morgan fingerprint density at radius 2 is 2.25 bits per heavy atom. The second-order valence-corrected chi connectivity index (χ2v) is 6.24. The molecular weight excluding hydrogens is 246 g/mol. The maximum atomic E-state index is 11.6. The summed E-state index contributed by atoms with van der Waals surface area (Å²) in [6.45, 7) is 3.79. The first-order chi connectivity index (χ1) is 7.67. The number of sulfonamides is 1. The minimum Gasteiger partial charge on any atom is -0.381 e. The Morgan fingerprint density at radius 1 is 1.44 bits per heavy atom. The van der Waals surface area contributed by atoms with Crippen molar-refractivity contribution in [3.63, 3.8) is 0 Å². The molecule has 0 atom stereocenters. The van der Waals surface area contributed by atoms with Gasteiger partial charge in [-0.25, -0.2) is 13.1 Å². The first-order valence-electron chi connectivity index (χ1n) is 5.27. The summed E-state index contributed by atoms with van der Waals surface area (Å²) in [6.07, 6.45) is 1.69. The normalized spacial score (nSPS) is 11.8. The lowest BCUT2D eigenvalue weighted by Gasteiger charge is -2.05. The van der Waals surface area contributed by atoms with Crippen molar-refractivity contribution in [2.75, 3.05) is 19.8 Å². The van der Waals surface area contributed by atoms with E-state index in [0.717, 1.165) is 13.0 Å². The predicted molar refractivity (Wildman–Crippen MR) is 65.2 cm³/mol. The zero-order valence-corrected chi connectivity index (χ0v) is 10.9. The summed E-state index contributed by atoms with van der Waals surface area (Å²) in [4.78, 5) is 0. The largest absolute Gasteiger partial charge is 0.381 e. The maximum Gasteiger partial charge on any atom is 0.250 e. The lowest BCUT2D eigenvalue weighted by Crippen LogP contribution is -2.24. The van der Waals surface area contributed by atoms with E-state index in [4.69, 9.17) is 4.74 Å². The highest BCUT2D eigenvalue weighted by atomic mass is 32.2. The third kappa shape index (κ3) is 4.61. The van der Waals surface area contributed by atoms with Crippen molar-refractivity contribution < 1.29 is 13.2 Å². The zero-order chi connectivity index (χ0) is 11.9. The zero-order valence-electron chi connectivity index (χ0n) is 9.31. The van der Waals surface area contributed by atoms with Crippen LogP contribution in [0.5, 0.6) is 0 Å². The van der Waals surface area contributed by atoms with E-state index in [1.807, 2.05) is 6.92 Å². The van der Waals surface area contributed by atoms with Gasteiger partial charge in [-0.2, -0.15) is 0 Å². The van der Waals surface area contributed by atoms with Crippen LogP contribution >= 0.6 is 11.3 Å². The summed E-state index contributed by atoms with van der Waals surface area (Å²) < 4.78 is 31.4. The van der Waals surface area contributed by atoms with Gasteiger partial charge >= 0.3 is 0 Å². The summed E-state index contributed by atoms with van der Waals surface area (Å²) in [5, 5.41) is 1.75. The number of hydrogen-bond donors (Lipinski definition) is 1. The molecule has 0 aliphatic rings. The molecule has 0 saturated heterocycles. The third-order valence-corrected chi connectivity index (χ3v) is 4.72. The molecule has 1 rings (SSSR count). The molecule has 0 bridgehead atoms. The lowest BCUT2D eigenvalue weighted by molar-refractivity contribution is 0.133. The monoisotopic (exact) mass is 263 g/mol. The van der Waals surface area contributed by atoms with Crippen LogP contribution in [0.1, 0.15) is 19.8 Å². The first-order valence-corrected chi connectivity index (χ1v) is 7.64. The molecule has 0 aromatic carbocycles. The Bertz CT molecular complexity index is 373. The van der Waals surface area contributed by atoms with Gasteiger partial charge in [0.05, 0.1) is 0 Å². The van der Waals surface area contributed by atoms with Crippen molar-refractivity contribution in [2.45, 2.75) is 24.0 Å². The van der Waals surface area contributed by atoms with Crippen LogP contribution in [0.3, 0.4) is 0 Å². The molecule has 6 heteroatoms. The predicted octanol–water partition coefficient (Wildman–Crippen LogP) is 1.84. The fourth-order valence-corrected chi connectivity index (χ4v) is 3.23. The summed E-state index contributed by atoms with van der Waals surface area (Å²) in [6, 6.07) is 3.32. The average molecular weight is 263 g/mol. The molecule has 0 aliphatic carbocycles. The van der Waals surface area contributed by atoms with Crippen LogP contribution in [0.25, 0.3) is 0 Å². The van der Waals surface area contributed by atoms with Crippen LogP contribution in [0.4, 0.5) is 0 Å². The van der Waals surface area contributed by atoms with E-state index in [1.165, 1.54) is 11.3 Å². The van der Waals surface area contributed by atoms with Gasteiger partial charge in [-0.05, 0) is 24.3 Å². The van der Waals surface area contributed by atoms with Gasteiger partial charge in [0, 0.05) is 19.8 Å². The van der Waals surface area contributed by atoms with Crippen LogP contribution in [-0.2, 0) is 14.8 Å². The van der Waals surface area contributed by atoms with Crippen LogP contribution in [0.2, 0.25) is 0 Å². The van der Waals surface area contributed by atoms with Gasteiger partial charge in [-0.3, -0.25) is 0 Å². The van der Waals surface area contributed by atoms with Gasteiger partial charge in [0.25, 0.3) is 0 Å². The minimum absolute atomic E-state index is 0.363. The topological polar surface area (TPSA) is 55.4 Å². The number of nitrogens with one attached hydrogen (secondary N) is 1. The molecule has 0 spiro atoms. The standard InChI is InChI=1S/C10H17NO3S2/c1-2-7-14-8-4-6-11-16(12,13)10-5-3-9-15-10/h3,5,9,11H,2,4,6-8H2,1H3. The van der Waals surface area contributed by atoms with Gasteiger partial charge in [0.1, 0.15) is 4.21 Å². The first kappa shape index (κ1) is 13.6. The fourth-order valence-electron chi connectivity index (χ4n) is 1.11. The van der Waals surface area contributed by atoms with Crippen molar-refractivity contribution in [3.05, 3.63) is 17.5 Å². The molecule has 1 aromatic rings. The highest BCUT2D eigenvalue weighted by molar-refractivity contribution is 7.91. The molecule has 4 nitrogen and oxygen atoms in total. The van der Waals surface area contributed by atoms with Crippen LogP contribution in [0.15, 0.2) is 21.7 Å². The molecule has 0 amide bonds. The number of hydrogen-bond acceptors (Lipinski definition) is 4. The molecule has 1 heterocycles. The van der Waals surface area contributed by atoms with E-state index < -0.39 is 10.0 Å². The maximum absolute atomic E-state index is 11.6. The quantitative estimate of drug-likeness (QED) is 0.728. The highest BCUT2D eigenvalue weighted by Crippen LogP contribution is 2.14.